The third-order valence-corrected chi connectivity index (χ3v) is 2.04. The second kappa shape index (κ2) is 5.79. The zero-order chi connectivity index (χ0) is 12.8. The number of ether oxygens (including phenoxy) is 2. The van der Waals surface area contributed by atoms with Gasteiger partial charge in [0.25, 0.3) is 0 Å². The number of rotatable bonds is 3. The predicted octanol–water partition coefficient (Wildman–Crippen LogP) is 1.12. The van der Waals surface area contributed by atoms with E-state index in [1.54, 1.807) is 12.3 Å². The highest BCUT2D eigenvalue weighted by Crippen LogP contribution is 2.08. The Hall–Kier alpha value is -2.17. The molecule has 0 saturated carbocycles. The van der Waals surface area contributed by atoms with Crippen LogP contribution < -0.4 is 0 Å². The number of methoxy groups -OCH3 is 2. The van der Waals surface area contributed by atoms with E-state index in [1.807, 2.05) is 13.0 Å². The van der Waals surface area contributed by atoms with Crippen molar-refractivity contribution < 1.29 is 19.1 Å². The molecule has 0 aliphatic carbocycles. The molecule has 0 unspecified atom stereocenters. The van der Waals surface area contributed by atoms with E-state index in [0.717, 1.165) is 5.56 Å². The summed E-state index contributed by atoms with van der Waals surface area (Å²) in [5.41, 5.74) is 1.28. The molecule has 1 aromatic heterocycles. The minimum absolute atomic E-state index is 0.189. The Morgan fingerprint density at radius 2 is 1.76 bits per heavy atom. The zero-order valence-corrected chi connectivity index (χ0v) is 9.89. The number of esters is 2. The molecule has 0 atom stereocenters. The molecule has 0 spiro atoms. The van der Waals surface area contributed by atoms with Gasteiger partial charge < -0.3 is 9.47 Å². The number of aryl methyl sites for hydroxylation is 1. The van der Waals surface area contributed by atoms with Crippen LogP contribution in [0.15, 0.2) is 23.9 Å². The molecule has 0 aliphatic rings. The van der Waals surface area contributed by atoms with Crippen LogP contribution in [-0.2, 0) is 19.1 Å². The van der Waals surface area contributed by atoms with Gasteiger partial charge >= 0.3 is 11.9 Å². The van der Waals surface area contributed by atoms with Gasteiger partial charge in [-0.3, -0.25) is 4.98 Å². The van der Waals surface area contributed by atoms with Crippen molar-refractivity contribution in [1.29, 1.82) is 0 Å². The second-order valence-corrected chi connectivity index (χ2v) is 3.30. The lowest BCUT2D eigenvalue weighted by Crippen LogP contribution is -2.15. The van der Waals surface area contributed by atoms with E-state index in [-0.39, 0.29) is 5.57 Å². The molecule has 0 amide bonds. The SMILES string of the molecule is COC(=O)C(=Cc1ccc(C)cn1)C(=O)OC. The molecule has 0 bridgehead atoms. The van der Waals surface area contributed by atoms with Gasteiger partial charge in [0.05, 0.1) is 19.9 Å². The van der Waals surface area contributed by atoms with Crippen LogP contribution in [-0.4, -0.2) is 31.1 Å². The van der Waals surface area contributed by atoms with Gasteiger partial charge in [-0.15, -0.1) is 0 Å². The van der Waals surface area contributed by atoms with Gasteiger partial charge in [0, 0.05) is 6.20 Å². The lowest BCUT2D eigenvalue weighted by atomic mass is 10.2. The summed E-state index contributed by atoms with van der Waals surface area (Å²) in [4.78, 5) is 26.8. The van der Waals surface area contributed by atoms with Gasteiger partial charge in [-0.05, 0) is 24.6 Å². The van der Waals surface area contributed by atoms with E-state index in [2.05, 4.69) is 14.5 Å². The summed E-state index contributed by atoms with van der Waals surface area (Å²) >= 11 is 0. The number of carbonyl (C=O) groups excluding carboxylic acids is 2. The van der Waals surface area contributed by atoms with Gasteiger partial charge in [-0.25, -0.2) is 9.59 Å². The van der Waals surface area contributed by atoms with Crippen LogP contribution in [0.5, 0.6) is 0 Å². The molecule has 0 fully saturated rings. The molecule has 0 aromatic carbocycles. The standard InChI is InChI=1S/C12H13NO4/c1-8-4-5-9(13-7-8)6-10(11(14)16-2)12(15)17-3/h4-7H,1-3H3. The number of hydrogen-bond donors (Lipinski definition) is 0. The maximum absolute atomic E-state index is 11.4. The number of nitrogens with zero attached hydrogens (tertiary/aromatic N) is 1. The molecular weight excluding hydrogens is 222 g/mol. The first-order chi connectivity index (χ1) is 8.08. The van der Waals surface area contributed by atoms with Gasteiger partial charge in [-0.2, -0.15) is 0 Å². The van der Waals surface area contributed by atoms with Crippen molar-refractivity contribution in [3.63, 3.8) is 0 Å². The van der Waals surface area contributed by atoms with Crippen LogP contribution >= 0.6 is 0 Å². The van der Waals surface area contributed by atoms with E-state index in [9.17, 15) is 9.59 Å². The molecule has 0 radical (unpaired) electrons. The lowest BCUT2D eigenvalue weighted by molar-refractivity contribution is -0.143. The van der Waals surface area contributed by atoms with Crippen molar-refractivity contribution >= 4 is 18.0 Å². The lowest BCUT2D eigenvalue weighted by Gasteiger charge is -2.03. The van der Waals surface area contributed by atoms with E-state index < -0.39 is 11.9 Å². The largest absolute Gasteiger partial charge is 0.465 e. The van der Waals surface area contributed by atoms with E-state index in [4.69, 9.17) is 0 Å². The number of carbonyl (C=O) groups is 2. The van der Waals surface area contributed by atoms with Gasteiger partial charge in [0.1, 0.15) is 5.57 Å². The van der Waals surface area contributed by atoms with Crippen molar-refractivity contribution in [2.24, 2.45) is 0 Å². The summed E-state index contributed by atoms with van der Waals surface area (Å²) < 4.78 is 8.99. The Bertz CT molecular complexity index is 430. The first kappa shape index (κ1) is 12.9. The van der Waals surface area contributed by atoms with Crippen LogP contribution in [0.3, 0.4) is 0 Å². The highest BCUT2D eigenvalue weighted by atomic mass is 16.5. The van der Waals surface area contributed by atoms with Crippen LogP contribution in [0.4, 0.5) is 0 Å². The van der Waals surface area contributed by atoms with Crippen molar-refractivity contribution in [2.45, 2.75) is 6.92 Å². The van der Waals surface area contributed by atoms with E-state index in [0.29, 0.717) is 5.69 Å². The topological polar surface area (TPSA) is 65.5 Å². The average Bonchev–Trinajstić information content (AvgIpc) is 2.36. The molecule has 1 aromatic rings. The van der Waals surface area contributed by atoms with Crippen LogP contribution in [0.2, 0.25) is 0 Å². The second-order valence-electron chi connectivity index (χ2n) is 3.30. The summed E-state index contributed by atoms with van der Waals surface area (Å²) in [7, 11) is 2.39. The summed E-state index contributed by atoms with van der Waals surface area (Å²) in [5, 5.41) is 0. The maximum atomic E-state index is 11.4. The fraction of sp³-hybridized carbons (Fsp3) is 0.250. The Labute approximate surface area is 99.1 Å². The average molecular weight is 235 g/mol. The van der Waals surface area contributed by atoms with Gasteiger partial charge in [-0.1, -0.05) is 6.07 Å². The first-order valence-electron chi connectivity index (χ1n) is 4.89. The fourth-order valence-corrected chi connectivity index (χ4v) is 1.13. The Morgan fingerprint density at radius 1 is 1.18 bits per heavy atom. The molecule has 5 heteroatoms. The Balaban J connectivity index is 3.09. The predicted molar refractivity (Wildman–Crippen MR) is 61.0 cm³/mol. The van der Waals surface area contributed by atoms with Gasteiger partial charge in [0.15, 0.2) is 0 Å². The molecular formula is C12H13NO4. The molecule has 5 nitrogen and oxygen atoms in total. The van der Waals surface area contributed by atoms with Crippen molar-refractivity contribution in [3.8, 4) is 0 Å². The molecule has 1 heterocycles. The zero-order valence-electron chi connectivity index (χ0n) is 9.89. The summed E-state index contributed by atoms with van der Waals surface area (Å²) in [6.45, 7) is 1.89. The molecule has 0 aliphatic heterocycles. The Kier molecular flexibility index (Phi) is 4.39. The molecule has 0 N–H and O–H groups in total. The molecule has 90 valence electrons. The van der Waals surface area contributed by atoms with Crippen molar-refractivity contribution in [1.82, 2.24) is 4.98 Å². The monoisotopic (exact) mass is 235 g/mol. The highest BCUT2D eigenvalue weighted by molar-refractivity contribution is 6.17. The molecule has 17 heavy (non-hydrogen) atoms. The van der Waals surface area contributed by atoms with Crippen LogP contribution in [0, 0.1) is 6.92 Å². The van der Waals surface area contributed by atoms with Crippen LogP contribution in [0.1, 0.15) is 11.3 Å². The first-order valence-corrected chi connectivity index (χ1v) is 4.89. The van der Waals surface area contributed by atoms with E-state index in [1.165, 1.54) is 20.3 Å². The minimum atomic E-state index is -0.751. The third-order valence-electron chi connectivity index (χ3n) is 2.04. The van der Waals surface area contributed by atoms with E-state index >= 15 is 0 Å². The number of aromatic nitrogens is 1. The highest BCUT2D eigenvalue weighted by Gasteiger charge is 2.19. The number of pyridine rings is 1. The smallest absolute Gasteiger partial charge is 0.345 e. The molecule has 1 rings (SSSR count). The normalized spacial score (nSPS) is 9.35. The third kappa shape index (κ3) is 3.41. The summed E-state index contributed by atoms with van der Waals surface area (Å²) in [6, 6.07) is 3.52. The summed E-state index contributed by atoms with van der Waals surface area (Å²) in [6.07, 6.45) is 2.97. The van der Waals surface area contributed by atoms with Gasteiger partial charge in [0.2, 0.25) is 0 Å². The van der Waals surface area contributed by atoms with Crippen molar-refractivity contribution in [3.05, 3.63) is 35.2 Å². The quantitative estimate of drug-likeness (QED) is 0.340. The minimum Gasteiger partial charge on any atom is -0.465 e. The Morgan fingerprint density at radius 3 is 2.18 bits per heavy atom. The maximum Gasteiger partial charge on any atom is 0.345 e. The fourth-order valence-electron chi connectivity index (χ4n) is 1.13. The molecule has 0 saturated heterocycles. The van der Waals surface area contributed by atoms with Crippen LogP contribution in [0.25, 0.3) is 6.08 Å². The summed E-state index contributed by atoms with van der Waals surface area (Å²) in [5.74, 6) is -1.50. The van der Waals surface area contributed by atoms with Crippen molar-refractivity contribution in [2.75, 3.05) is 14.2 Å². The number of hydrogen-bond acceptors (Lipinski definition) is 5.